The number of rotatable bonds is 10. The molecular weight excluding hydrogens is 481 g/mol. The number of nitrogens with one attached hydrogen (secondary N) is 1. The molecule has 34 heavy (non-hydrogen) atoms. The van der Waals surface area contributed by atoms with Crippen molar-refractivity contribution >= 4 is 39.1 Å². The van der Waals surface area contributed by atoms with Gasteiger partial charge < -0.3 is 10.2 Å². The minimum atomic E-state index is -3.86. The zero-order chi connectivity index (χ0) is 25.6. The molecule has 2 rings (SSSR count). The summed E-state index contributed by atoms with van der Waals surface area (Å²) in [4.78, 5) is 27.5. The Kier molecular flexibility index (Phi) is 9.46. The van der Waals surface area contributed by atoms with Crippen molar-refractivity contribution in [2.45, 2.75) is 52.7 Å². The van der Waals surface area contributed by atoms with Crippen LogP contribution in [0.5, 0.6) is 0 Å². The molecule has 0 fully saturated rings. The van der Waals surface area contributed by atoms with E-state index in [9.17, 15) is 22.4 Å². The molecule has 2 aromatic carbocycles. The molecular formula is C24H31ClFN3O4S. The summed E-state index contributed by atoms with van der Waals surface area (Å²) in [6, 6.07) is 9.51. The Balaban J connectivity index is 2.43. The molecule has 2 atom stereocenters. The molecule has 2 unspecified atom stereocenters. The van der Waals surface area contributed by atoms with E-state index in [2.05, 4.69) is 5.32 Å². The molecule has 186 valence electrons. The highest BCUT2D eigenvalue weighted by Crippen LogP contribution is 2.26. The summed E-state index contributed by atoms with van der Waals surface area (Å²) in [5.74, 6) is -1.58. The standard InChI is InChI=1S/C24H31ClFN3O4S/c1-6-17(3)27-24(31)18(4)28(14-19-9-7-8-10-21(19)26)23(30)15-29(34(5,32)33)22-12-11-20(25)13-16(22)2/h7-13,17-18H,6,14-15H2,1-5H3,(H,27,31). The molecule has 0 saturated heterocycles. The first-order chi connectivity index (χ1) is 15.8. The van der Waals surface area contributed by atoms with Crippen LogP contribution in [0.3, 0.4) is 0 Å². The lowest BCUT2D eigenvalue weighted by Gasteiger charge is -2.32. The number of hydrogen-bond acceptors (Lipinski definition) is 4. The van der Waals surface area contributed by atoms with Gasteiger partial charge in [-0.2, -0.15) is 0 Å². The topological polar surface area (TPSA) is 86.8 Å². The van der Waals surface area contributed by atoms with E-state index in [1.807, 2.05) is 13.8 Å². The third kappa shape index (κ3) is 7.17. The number of sulfonamides is 1. The van der Waals surface area contributed by atoms with Gasteiger partial charge in [0, 0.05) is 23.2 Å². The lowest BCUT2D eigenvalue weighted by molar-refractivity contribution is -0.139. The van der Waals surface area contributed by atoms with E-state index in [0.717, 1.165) is 10.6 Å². The van der Waals surface area contributed by atoms with Crippen molar-refractivity contribution in [3.8, 4) is 0 Å². The predicted octanol–water partition coefficient (Wildman–Crippen LogP) is 3.89. The van der Waals surface area contributed by atoms with Crippen molar-refractivity contribution in [2.24, 2.45) is 0 Å². The van der Waals surface area contributed by atoms with Gasteiger partial charge in [-0.25, -0.2) is 12.8 Å². The summed E-state index contributed by atoms with van der Waals surface area (Å²) in [5.41, 5.74) is 1.07. The molecule has 2 amide bonds. The van der Waals surface area contributed by atoms with Gasteiger partial charge in [-0.05, 0) is 57.0 Å². The van der Waals surface area contributed by atoms with Crippen LogP contribution in [-0.4, -0.2) is 50.0 Å². The van der Waals surface area contributed by atoms with E-state index >= 15 is 0 Å². The van der Waals surface area contributed by atoms with Gasteiger partial charge in [0.1, 0.15) is 18.4 Å². The van der Waals surface area contributed by atoms with Gasteiger partial charge in [0.15, 0.2) is 0 Å². The van der Waals surface area contributed by atoms with Crippen molar-refractivity contribution in [3.05, 3.63) is 64.4 Å². The van der Waals surface area contributed by atoms with E-state index in [-0.39, 0.29) is 18.2 Å². The molecule has 0 saturated carbocycles. The number of carbonyl (C=O) groups is 2. The maximum Gasteiger partial charge on any atom is 0.244 e. The fourth-order valence-electron chi connectivity index (χ4n) is 3.35. The van der Waals surface area contributed by atoms with Crippen molar-refractivity contribution < 1.29 is 22.4 Å². The Morgan fingerprint density at radius 2 is 1.79 bits per heavy atom. The Morgan fingerprint density at radius 1 is 1.15 bits per heavy atom. The first-order valence-electron chi connectivity index (χ1n) is 10.9. The minimum Gasteiger partial charge on any atom is -0.352 e. The molecule has 7 nitrogen and oxygen atoms in total. The van der Waals surface area contributed by atoms with Crippen molar-refractivity contribution in [3.63, 3.8) is 0 Å². The first-order valence-corrected chi connectivity index (χ1v) is 13.1. The van der Waals surface area contributed by atoms with E-state index in [1.165, 1.54) is 42.2 Å². The van der Waals surface area contributed by atoms with E-state index in [0.29, 0.717) is 22.7 Å². The second-order valence-electron chi connectivity index (χ2n) is 8.31. The molecule has 0 aliphatic rings. The molecule has 0 radical (unpaired) electrons. The van der Waals surface area contributed by atoms with Gasteiger partial charge >= 0.3 is 0 Å². The van der Waals surface area contributed by atoms with Crippen LogP contribution in [0.25, 0.3) is 0 Å². The monoisotopic (exact) mass is 511 g/mol. The number of benzene rings is 2. The van der Waals surface area contributed by atoms with Crippen molar-refractivity contribution in [2.75, 3.05) is 17.1 Å². The normalized spacial score (nSPS) is 13.1. The maximum absolute atomic E-state index is 14.4. The zero-order valence-corrected chi connectivity index (χ0v) is 21.6. The quantitative estimate of drug-likeness (QED) is 0.524. The minimum absolute atomic E-state index is 0.121. The fourth-order valence-corrected chi connectivity index (χ4v) is 4.49. The molecule has 0 spiro atoms. The van der Waals surface area contributed by atoms with Crippen LogP contribution >= 0.6 is 11.6 Å². The van der Waals surface area contributed by atoms with Crippen LogP contribution in [0.1, 0.15) is 38.3 Å². The van der Waals surface area contributed by atoms with Gasteiger partial charge in [-0.1, -0.05) is 36.7 Å². The molecule has 2 aromatic rings. The maximum atomic E-state index is 14.4. The van der Waals surface area contributed by atoms with Crippen LogP contribution in [0.15, 0.2) is 42.5 Å². The third-order valence-corrected chi connectivity index (χ3v) is 6.94. The second kappa shape index (κ2) is 11.7. The number of carbonyl (C=O) groups excluding carboxylic acids is 2. The van der Waals surface area contributed by atoms with E-state index in [4.69, 9.17) is 11.6 Å². The number of anilines is 1. The first kappa shape index (κ1) is 27.6. The summed E-state index contributed by atoms with van der Waals surface area (Å²) in [6.45, 7) is 6.21. The van der Waals surface area contributed by atoms with Gasteiger partial charge in [-0.15, -0.1) is 0 Å². The van der Waals surface area contributed by atoms with Gasteiger partial charge in [0.2, 0.25) is 21.8 Å². The SMILES string of the molecule is CCC(C)NC(=O)C(C)N(Cc1ccccc1F)C(=O)CN(c1ccc(Cl)cc1C)S(C)(=O)=O. The van der Waals surface area contributed by atoms with E-state index < -0.39 is 40.2 Å². The van der Waals surface area contributed by atoms with Gasteiger partial charge in [-0.3, -0.25) is 13.9 Å². The van der Waals surface area contributed by atoms with Gasteiger partial charge in [0.25, 0.3) is 0 Å². The molecule has 10 heteroatoms. The molecule has 0 aliphatic heterocycles. The Hall–Kier alpha value is -2.65. The fraction of sp³-hybridized carbons (Fsp3) is 0.417. The van der Waals surface area contributed by atoms with Crippen LogP contribution < -0.4 is 9.62 Å². The number of nitrogens with zero attached hydrogens (tertiary/aromatic N) is 2. The molecule has 0 bridgehead atoms. The molecule has 0 aliphatic carbocycles. The summed E-state index contributed by atoms with van der Waals surface area (Å²) in [6.07, 6.45) is 1.69. The zero-order valence-electron chi connectivity index (χ0n) is 20.0. The number of amides is 2. The lowest BCUT2D eigenvalue weighted by atomic mass is 10.1. The average molecular weight is 512 g/mol. The predicted molar refractivity (Wildman–Crippen MR) is 133 cm³/mol. The van der Waals surface area contributed by atoms with Crippen LogP contribution in [0.4, 0.5) is 10.1 Å². The summed E-state index contributed by atoms with van der Waals surface area (Å²) in [7, 11) is -3.86. The summed E-state index contributed by atoms with van der Waals surface area (Å²) in [5, 5.41) is 3.25. The van der Waals surface area contributed by atoms with Crippen LogP contribution in [-0.2, 0) is 26.2 Å². The average Bonchev–Trinajstić information content (AvgIpc) is 2.76. The highest BCUT2D eigenvalue weighted by Gasteiger charge is 2.31. The van der Waals surface area contributed by atoms with E-state index in [1.54, 1.807) is 19.1 Å². The molecule has 1 N–H and O–H groups in total. The Labute approximate surface area is 205 Å². The van der Waals surface area contributed by atoms with Crippen LogP contribution in [0, 0.1) is 12.7 Å². The summed E-state index contributed by atoms with van der Waals surface area (Å²) >= 11 is 6.00. The number of halogens is 2. The van der Waals surface area contributed by atoms with Crippen LogP contribution in [0.2, 0.25) is 5.02 Å². The third-order valence-electron chi connectivity index (χ3n) is 5.57. The largest absolute Gasteiger partial charge is 0.352 e. The number of hydrogen-bond donors (Lipinski definition) is 1. The Morgan fingerprint density at radius 3 is 2.35 bits per heavy atom. The summed E-state index contributed by atoms with van der Waals surface area (Å²) < 4.78 is 40.6. The van der Waals surface area contributed by atoms with Gasteiger partial charge in [0.05, 0.1) is 11.9 Å². The second-order valence-corrected chi connectivity index (χ2v) is 10.7. The number of aryl methyl sites for hydroxylation is 1. The van der Waals surface area contributed by atoms with Crippen molar-refractivity contribution in [1.29, 1.82) is 0 Å². The smallest absolute Gasteiger partial charge is 0.244 e. The van der Waals surface area contributed by atoms with Crippen molar-refractivity contribution in [1.82, 2.24) is 10.2 Å². The lowest BCUT2D eigenvalue weighted by Crippen LogP contribution is -2.52. The highest BCUT2D eigenvalue weighted by molar-refractivity contribution is 7.92. The molecule has 0 aromatic heterocycles. The Bertz CT molecular complexity index is 1140. The molecule has 0 heterocycles. The highest BCUT2D eigenvalue weighted by atomic mass is 35.5.